The van der Waals surface area contributed by atoms with Crippen LogP contribution in [0, 0.1) is 0 Å². The van der Waals surface area contributed by atoms with Crippen LogP contribution >= 0.6 is 0 Å². The highest BCUT2D eigenvalue weighted by atomic mass is 16.7. The number of amides is 3. The molecule has 2 aliphatic heterocycles. The van der Waals surface area contributed by atoms with Crippen molar-refractivity contribution in [1.82, 2.24) is 16.0 Å². The summed E-state index contributed by atoms with van der Waals surface area (Å²) in [5.74, 6) is -0.154. The van der Waals surface area contributed by atoms with Gasteiger partial charge in [0.1, 0.15) is 24.4 Å². The largest absolute Gasteiger partial charge is 0.394 e. The van der Waals surface area contributed by atoms with Crippen LogP contribution in [0.1, 0.15) is 96.8 Å². The van der Waals surface area contributed by atoms with Crippen molar-refractivity contribution in [2.24, 2.45) is 0 Å². The van der Waals surface area contributed by atoms with E-state index in [2.05, 4.69) is 22.9 Å². The first kappa shape index (κ1) is 41.2. The van der Waals surface area contributed by atoms with Gasteiger partial charge in [0.25, 0.3) is 0 Å². The van der Waals surface area contributed by atoms with Crippen molar-refractivity contribution in [3.8, 4) is 0 Å². The van der Waals surface area contributed by atoms with Crippen molar-refractivity contribution in [1.29, 1.82) is 0 Å². The van der Waals surface area contributed by atoms with Gasteiger partial charge in [-0.1, -0.05) is 32.6 Å². The van der Waals surface area contributed by atoms with E-state index in [0.717, 1.165) is 38.6 Å². The van der Waals surface area contributed by atoms with E-state index in [1.54, 1.807) is 0 Å². The van der Waals surface area contributed by atoms with E-state index in [9.17, 15) is 39.9 Å². The minimum atomic E-state index is -1.24. The van der Waals surface area contributed by atoms with Gasteiger partial charge >= 0.3 is 0 Å². The van der Waals surface area contributed by atoms with Gasteiger partial charge < -0.3 is 60.4 Å². The monoisotopic (exact) mass is 677 g/mol. The van der Waals surface area contributed by atoms with Crippen LogP contribution in [-0.2, 0) is 33.3 Å². The molecule has 0 spiro atoms. The third-order valence-electron chi connectivity index (χ3n) is 8.22. The van der Waals surface area contributed by atoms with Crippen molar-refractivity contribution in [2.75, 3.05) is 39.5 Å². The molecule has 2 saturated heterocycles. The fourth-order valence-electron chi connectivity index (χ4n) is 5.34. The van der Waals surface area contributed by atoms with E-state index in [1.807, 2.05) is 0 Å². The van der Waals surface area contributed by atoms with Crippen molar-refractivity contribution in [3.05, 3.63) is 0 Å². The molecule has 4 unspecified atom stereocenters. The Labute approximate surface area is 278 Å². The van der Waals surface area contributed by atoms with E-state index in [0.29, 0.717) is 32.2 Å². The summed E-state index contributed by atoms with van der Waals surface area (Å²) in [7, 11) is 0. The maximum absolute atomic E-state index is 12.2. The maximum atomic E-state index is 12.2. The Morgan fingerprint density at radius 1 is 0.660 bits per heavy atom. The minimum Gasteiger partial charge on any atom is -0.394 e. The quantitative estimate of drug-likeness (QED) is 0.0619. The van der Waals surface area contributed by atoms with Gasteiger partial charge in [0, 0.05) is 51.7 Å². The zero-order valence-electron chi connectivity index (χ0n) is 27.9. The molecule has 274 valence electrons. The molecule has 15 heteroatoms. The highest BCUT2D eigenvalue weighted by molar-refractivity contribution is 5.77. The van der Waals surface area contributed by atoms with Crippen molar-refractivity contribution < 1.29 is 58.9 Å². The third-order valence-corrected chi connectivity index (χ3v) is 8.22. The molecule has 0 aromatic heterocycles. The number of hydrogen-bond acceptors (Lipinski definition) is 12. The van der Waals surface area contributed by atoms with Crippen molar-refractivity contribution >= 4 is 17.7 Å². The number of ether oxygens (including phenoxy) is 4. The zero-order chi connectivity index (χ0) is 34.4. The van der Waals surface area contributed by atoms with Gasteiger partial charge in [0.2, 0.25) is 17.7 Å². The van der Waals surface area contributed by atoms with Crippen LogP contribution in [-0.4, -0.2) is 132 Å². The lowest BCUT2D eigenvalue weighted by molar-refractivity contribution is -0.296. The molecule has 2 heterocycles. The highest BCUT2D eigenvalue weighted by Crippen LogP contribution is 2.25. The SMILES string of the molecule is CCCCCCNC(=O)CCCCCNC(=O)CCCCC(=O)NCCO[C@H]1OC(CO[C@@H]2CC(O)[C@H](O)C(CO)O2)[C@@H](O)CC1O. The van der Waals surface area contributed by atoms with E-state index in [-0.39, 0.29) is 56.7 Å². The number of unbranched alkanes of at least 4 members (excludes halogenated alkanes) is 6. The molecule has 0 aromatic carbocycles. The molecule has 0 aromatic rings. The summed E-state index contributed by atoms with van der Waals surface area (Å²) in [5, 5.41) is 58.2. The molecule has 3 amide bonds. The first-order chi connectivity index (χ1) is 22.6. The number of nitrogens with one attached hydrogen (secondary N) is 3. The Morgan fingerprint density at radius 2 is 1.23 bits per heavy atom. The predicted molar refractivity (Wildman–Crippen MR) is 170 cm³/mol. The standard InChI is InChI=1S/C32H59N3O12/c1-2-3-4-9-14-33-27(40)11-6-5-10-15-34-28(41)12-7-8-13-29(42)35-16-17-44-32-24(39)18-22(37)26(47-32)21-45-30-19-23(38)31(43)25(20-36)46-30/h22-26,30-32,36-39,43H,2-21H2,1H3,(H,33,40)(H,34,41)(H,35,42)/t22-,23?,24?,25?,26?,30-,31-,32-/m0/s1. The summed E-state index contributed by atoms with van der Waals surface area (Å²) in [6.07, 6.45) is 0.830. The van der Waals surface area contributed by atoms with Gasteiger partial charge in [-0.25, -0.2) is 0 Å². The van der Waals surface area contributed by atoms with Gasteiger partial charge in [-0.3, -0.25) is 14.4 Å². The number of aliphatic hydroxyl groups is 5. The smallest absolute Gasteiger partial charge is 0.220 e. The molecule has 2 rings (SSSR count). The normalized spacial score (nSPS) is 27.7. The maximum Gasteiger partial charge on any atom is 0.220 e. The van der Waals surface area contributed by atoms with Gasteiger partial charge in [0.15, 0.2) is 12.6 Å². The van der Waals surface area contributed by atoms with Gasteiger partial charge in [-0.15, -0.1) is 0 Å². The molecule has 47 heavy (non-hydrogen) atoms. The van der Waals surface area contributed by atoms with Gasteiger partial charge in [-0.05, 0) is 32.1 Å². The zero-order valence-corrected chi connectivity index (χ0v) is 27.9. The average Bonchev–Trinajstić information content (AvgIpc) is 3.04. The van der Waals surface area contributed by atoms with E-state index in [1.165, 1.54) is 12.8 Å². The predicted octanol–water partition coefficient (Wildman–Crippen LogP) is -0.265. The molecule has 0 saturated carbocycles. The second kappa shape index (κ2) is 24.2. The molecule has 15 nitrogen and oxygen atoms in total. The second-order valence-corrected chi connectivity index (χ2v) is 12.3. The van der Waals surface area contributed by atoms with Crippen LogP contribution in [0.25, 0.3) is 0 Å². The number of rotatable bonds is 24. The van der Waals surface area contributed by atoms with Crippen LogP contribution in [0.5, 0.6) is 0 Å². The van der Waals surface area contributed by atoms with Crippen LogP contribution in [0.3, 0.4) is 0 Å². The fourth-order valence-corrected chi connectivity index (χ4v) is 5.34. The topological polar surface area (TPSA) is 225 Å². The van der Waals surface area contributed by atoms with Crippen molar-refractivity contribution in [3.63, 3.8) is 0 Å². The molecule has 0 radical (unpaired) electrons. The Balaban J connectivity index is 1.47. The third kappa shape index (κ3) is 17.3. The summed E-state index contributed by atoms with van der Waals surface area (Å²) in [5.41, 5.74) is 0. The highest BCUT2D eigenvalue weighted by Gasteiger charge is 2.40. The molecule has 2 aliphatic rings. The Hall–Kier alpha value is -1.95. The van der Waals surface area contributed by atoms with Crippen molar-refractivity contribution in [2.45, 2.75) is 146 Å². The van der Waals surface area contributed by atoms with E-state index < -0.39 is 55.8 Å². The first-order valence-corrected chi connectivity index (χ1v) is 17.3. The van der Waals surface area contributed by atoms with Gasteiger partial charge in [0.05, 0.1) is 32.0 Å². The van der Waals surface area contributed by atoms with E-state index >= 15 is 0 Å². The summed E-state index contributed by atoms with van der Waals surface area (Å²) >= 11 is 0. The molecule has 2 fully saturated rings. The number of hydrogen-bond donors (Lipinski definition) is 8. The van der Waals surface area contributed by atoms with Crippen LogP contribution in [0.4, 0.5) is 0 Å². The molecular weight excluding hydrogens is 618 g/mol. The lowest BCUT2D eigenvalue weighted by Crippen LogP contribution is -2.53. The molecule has 8 atom stereocenters. The molecular formula is C32H59N3O12. The lowest BCUT2D eigenvalue weighted by Gasteiger charge is -2.39. The van der Waals surface area contributed by atoms with Gasteiger partial charge in [-0.2, -0.15) is 0 Å². The van der Waals surface area contributed by atoms with Crippen LogP contribution < -0.4 is 16.0 Å². The van der Waals surface area contributed by atoms with E-state index in [4.69, 9.17) is 18.9 Å². The molecule has 0 bridgehead atoms. The average molecular weight is 678 g/mol. The first-order valence-electron chi connectivity index (χ1n) is 17.3. The molecule has 8 N–H and O–H groups in total. The fraction of sp³-hybridized carbons (Fsp3) is 0.906. The van der Waals surface area contributed by atoms with Crippen LogP contribution in [0.2, 0.25) is 0 Å². The van der Waals surface area contributed by atoms with Crippen LogP contribution in [0.15, 0.2) is 0 Å². The number of carbonyl (C=O) groups is 3. The second-order valence-electron chi connectivity index (χ2n) is 12.3. The lowest BCUT2D eigenvalue weighted by atomic mass is 10.0. The number of carbonyl (C=O) groups excluding carboxylic acids is 3. The Morgan fingerprint density at radius 3 is 1.83 bits per heavy atom. The summed E-state index contributed by atoms with van der Waals surface area (Å²) in [6.45, 7) is 3.05. The summed E-state index contributed by atoms with van der Waals surface area (Å²) in [6, 6.07) is 0. The summed E-state index contributed by atoms with van der Waals surface area (Å²) in [4.78, 5) is 36.0. The Kier molecular flexibility index (Phi) is 21.2. The number of aliphatic hydroxyl groups excluding tert-OH is 5. The molecule has 0 aliphatic carbocycles. The summed E-state index contributed by atoms with van der Waals surface area (Å²) < 4.78 is 22.2. The minimum absolute atomic E-state index is 0.0250. The Bertz CT molecular complexity index is 884.